The zero-order chi connectivity index (χ0) is 38.0. The van der Waals surface area contributed by atoms with Gasteiger partial charge in [-0.2, -0.15) is 4.98 Å². The molecule has 6 rings (SSSR count). The molecule has 2 aromatic carbocycles. The first-order valence-corrected chi connectivity index (χ1v) is 16.9. The Balaban J connectivity index is 1.39. The Morgan fingerprint density at radius 3 is 2.34 bits per heavy atom. The number of amides is 1. The fourth-order valence-electron chi connectivity index (χ4n) is 6.75. The summed E-state index contributed by atoms with van der Waals surface area (Å²) in [7, 11) is 7.05. The van der Waals surface area contributed by atoms with Crippen LogP contribution in [0.3, 0.4) is 0 Å². The van der Waals surface area contributed by atoms with Crippen molar-refractivity contribution in [2.45, 2.75) is 37.7 Å². The highest BCUT2D eigenvalue weighted by Crippen LogP contribution is 2.56. The number of carbonyl (C=O) groups excluding carboxylic acids is 3. The number of aromatic nitrogens is 3. The number of benzene rings is 2. The molecule has 1 aliphatic carbocycles. The third-order valence-corrected chi connectivity index (χ3v) is 9.72. The van der Waals surface area contributed by atoms with E-state index < -0.39 is 40.7 Å². The number of ketones is 2. The molecule has 0 fully saturated rings. The molecule has 0 bridgehead atoms. The Labute approximate surface area is 309 Å². The second-order valence-corrected chi connectivity index (χ2v) is 12.7. The Morgan fingerprint density at radius 2 is 1.72 bits per heavy atom. The lowest BCUT2D eigenvalue weighted by molar-refractivity contribution is -0.121. The zero-order valence-corrected chi connectivity index (χ0v) is 30.5. The summed E-state index contributed by atoms with van der Waals surface area (Å²) in [6.45, 7) is 1.71. The molecule has 2 aliphatic rings. The number of hydrogen-bond acceptors (Lipinski definition) is 14. The molecule has 0 saturated heterocycles. The summed E-state index contributed by atoms with van der Waals surface area (Å²) < 4.78 is 39.2. The highest BCUT2D eigenvalue weighted by Gasteiger charge is 2.61. The number of nitrogens with one attached hydrogen (secondary N) is 1. The van der Waals surface area contributed by atoms with E-state index in [1.807, 2.05) is 0 Å². The van der Waals surface area contributed by atoms with Gasteiger partial charge < -0.3 is 43.4 Å². The van der Waals surface area contributed by atoms with Gasteiger partial charge in [-0.1, -0.05) is 29.7 Å². The molecule has 1 amide bonds. The van der Waals surface area contributed by atoms with E-state index in [0.29, 0.717) is 17.1 Å². The maximum Gasteiger partial charge on any atom is 0.231 e. The molecule has 1 spiro atoms. The van der Waals surface area contributed by atoms with E-state index >= 15 is 0 Å². The van der Waals surface area contributed by atoms with Crippen LogP contribution in [0.25, 0.3) is 11.5 Å². The first-order valence-electron chi connectivity index (χ1n) is 16.5. The van der Waals surface area contributed by atoms with Gasteiger partial charge in [-0.15, -0.1) is 0 Å². The Bertz CT molecular complexity index is 2080. The second-order valence-electron chi connectivity index (χ2n) is 12.3. The summed E-state index contributed by atoms with van der Waals surface area (Å²) in [6.07, 6.45) is 1.24. The number of nitrogens with zero attached hydrogens (tertiary/aromatic N) is 3. The van der Waals surface area contributed by atoms with Gasteiger partial charge in [0.15, 0.2) is 28.8 Å². The summed E-state index contributed by atoms with van der Waals surface area (Å²) in [5.41, 5.74) is -1.41. The normalized spacial score (nSPS) is 18.4. The minimum atomic E-state index is -2.08. The molecule has 278 valence electrons. The first kappa shape index (κ1) is 36.9. The maximum atomic E-state index is 14.4. The van der Waals surface area contributed by atoms with E-state index in [2.05, 4.69) is 20.4 Å². The lowest BCUT2D eigenvalue weighted by atomic mass is 9.69. The smallest absolute Gasteiger partial charge is 0.231 e. The predicted molar refractivity (Wildman–Crippen MR) is 188 cm³/mol. The van der Waals surface area contributed by atoms with Crippen molar-refractivity contribution in [2.75, 3.05) is 42.1 Å². The summed E-state index contributed by atoms with van der Waals surface area (Å²) in [5, 5.41) is 19.0. The van der Waals surface area contributed by atoms with Crippen molar-refractivity contribution >= 4 is 29.1 Å². The van der Waals surface area contributed by atoms with Gasteiger partial charge >= 0.3 is 0 Å². The molecule has 15 nitrogen and oxygen atoms in total. The topological polar surface area (TPSA) is 191 Å². The number of methoxy groups -OCH3 is 5. The molecule has 0 saturated carbocycles. The standard InChI is InChI=1S/C37H37ClN4O11/c1-18-13-22(43)29(34(45)37(18)35(46)30-23(47-2)17-24(48-3)31(38)33(30)52-37)20(19-14-25(49-4)32(51-6)26(15-19)50-5)16-27(44)40-12-10-28-41-36(42-53-28)21-9-7-8-11-39-21/h7-9,11,14-15,17-18,20,45H,10,12-13,16H2,1-6H3,(H,40,44)/t18-,20?,37+/m1/s1. The third-order valence-electron chi connectivity index (χ3n) is 9.36. The molecular weight excluding hydrogens is 712 g/mol. The predicted octanol–water partition coefficient (Wildman–Crippen LogP) is 5.10. The van der Waals surface area contributed by atoms with Crippen molar-refractivity contribution < 1.29 is 52.4 Å². The van der Waals surface area contributed by atoms with E-state index in [4.69, 9.17) is 44.5 Å². The summed E-state index contributed by atoms with van der Waals surface area (Å²) in [6, 6.07) is 9.90. The number of halogens is 1. The van der Waals surface area contributed by atoms with Crippen LogP contribution in [-0.2, 0) is 16.0 Å². The molecule has 4 aromatic rings. The fraction of sp³-hybridized carbons (Fsp3) is 0.351. The Kier molecular flexibility index (Phi) is 10.5. The number of ether oxygens (including phenoxy) is 6. The van der Waals surface area contributed by atoms with Crippen LogP contribution in [0.2, 0.25) is 5.02 Å². The number of fused-ring (bicyclic) bond motifs is 1. The second kappa shape index (κ2) is 15.0. The van der Waals surface area contributed by atoms with Gasteiger partial charge in [0.25, 0.3) is 0 Å². The summed E-state index contributed by atoms with van der Waals surface area (Å²) >= 11 is 6.63. The summed E-state index contributed by atoms with van der Waals surface area (Å²) in [5.74, 6) is -2.75. The number of aliphatic hydroxyl groups excluding tert-OH is 1. The van der Waals surface area contributed by atoms with Crippen molar-refractivity contribution in [1.82, 2.24) is 20.4 Å². The van der Waals surface area contributed by atoms with Crippen LogP contribution in [0.15, 0.2) is 58.5 Å². The minimum absolute atomic E-state index is 0.0130. The monoisotopic (exact) mass is 748 g/mol. The Morgan fingerprint density at radius 1 is 1.02 bits per heavy atom. The van der Waals surface area contributed by atoms with E-state index in [0.717, 1.165) is 0 Å². The van der Waals surface area contributed by atoms with Gasteiger partial charge in [0.05, 0.1) is 35.5 Å². The average molecular weight is 749 g/mol. The van der Waals surface area contributed by atoms with Crippen molar-refractivity contribution in [1.29, 1.82) is 0 Å². The average Bonchev–Trinajstić information content (AvgIpc) is 3.77. The lowest BCUT2D eigenvalue weighted by Crippen LogP contribution is -2.53. The van der Waals surface area contributed by atoms with E-state index in [-0.39, 0.29) is 82.4 Å². The molecule has 3 atom stereocenters. The number of carbonyl (C=O) groups is 3. The summed E-state index contributed by atoms with van der Waals surface area (Å²) in [4.78, 5) is 50.8. The van der Waals surface area contributed by atoms with Crippen LogP contribution < -0.4 is 33.7 Å². The van der Waals surface area contributed by atoms with Gasteiger partial charge in [0.1, 0.15) is 27.8 Å². The SMILES string of the molecule is COc1cc(OC)c2c(c1Cl)O[C@]1(C2=O)C(O)=C(C(CC(=O)NCCc2nc(-c3ccccn3)no2)c2cc(OC)c(OC)c(OC)c2)C(=O)C[C@H]1C. The van der Waals surface area contributed by atoms with Crippen LogP contribution in [0.4, 0.5) is 0 Å². The molecule has 1 unspecified atom stereocenters. The zero-order valence-electron chi connectivity index (χ0n) is 29.8. The highest BCUT2D eigenvalue weighted by molar-refractivity contribution is 6.35. The van der Waals surface area contributed by atoms with Crippen LogP contribution in [0.5, 0.6) is 34.5 Å². The van der Waals surface area contributed by atoms with Crippen molar-refractivity contribution in [2.24, 2.45) is 5.92 Å². The number of Topliss-reactive ketones (excluding diaryl/α,β-unsaturated/α-hetero) is 2. The van der Waals surface area contributed by atoms with Crippen LogP contribution >= 0.6 is 11.6 Å². The van der Waals surface area contributed by atoms with Crippen molar-refractivity contribution in [3.63, 3.8) is 0 Å². The molecule has 2 aromatic heterocycles. The Hall–Kier alpha value is -5.83. The number of aliphatic hydroxyl groups is 1. The van der Waals surface area contributed by atoms with E-state index in [1.54, 1.807) is 43.5 Å². The fourth-order valence-corrected chi connectivity index (χ4v) is 7.01. The van der Waals surface area contributed by atoms with Gasteiger partial charge in [0, 0.05) is 55.5 Å². The third kappa shape index (κ3) is 6.45. The quantitative estimate of drug-likeness (QED) is 0.184. The van der Waals surface area contributed by atoms with Gasteiger partial charge in [0.2, 0.25) is 34.8 Å². The largest absolute Gasteiger partial charge is 0.507 e. The first-order chi connectivity index (χ1) is 25.5. The van der Waals surface area contributed by atoms with Crippen molar-refractivity contribution in [3.8, 4) is 46.0 Å². The van der Waals surface area contributed by atoms with Gasteiger partial charge in [-0.05, 0) is 29.8 Å². The van der Waals surface area contributed by atoms with Crippen molar-refractivity contribution in [3.05, 3.63) is 76.0 Å². The molecular formula is C37H37ClN4O11. The van der Waals surface area contributed by atoms with E-state index in [1.165, 1.54) is 41.6 Å². The van der Waals surface area contributed by atoms with Crippen LogP contribution in [0, 0.1) is 5.92 Å². The minimum Gasteiger partial charge on any atom is -0.507 e. The van der Waals surface area contributed by atoms with Crippen LogP contribution in [-0.4, -0.2) is 85.4 Å². The number of allylic oxidation sites excluding steroid dienone is 1. The molecule has 1 aliphatic heterocycles. The molecule has 3 heterocycles. The number of rotatable bonds is 13. The van der Waals surface area contributed by atoms with E-state index in [9.17, 15) is 19.5 Å². The van der Waals surface area contributed by atoms with Crippen LogP contribution in [0.1, 0.15) is 47.5 Å². The lowest BCUT2D eigenvalue weighted by Gasteiger charge is -2.38. The number of hydrogen-bond donors (Lipinski definition) is 2. The van der Waals surface area contributed by atoms with Gasteiger partial charge in [-0.3, -0.25) is 19.4 Å². The number of pyridine rings is 1. The molecule has 16 heteroatoms. The molecule has 0 radical (unpaired) electrons. The molecule has 2 N–H and O–H groups in total. The molecule has 53 heavy (non-hydrogen) atoms. The highest BCUT2D eigenvalue weighted by atomic mass is 35.5. The maximum absolute atomic E-state index is 14.4. The van der Waals surface area contributed by atoms with Gasteiger partial charge in [-0.25, -0.2) is 0 Å².